The summed E-state index contributed by atoms with van der Waals surface area (Å²) in [5.74, 6) is 0.182. The van der Waals surface area contributed by atoms with Gasteiger partial charge in [-0.1, -0.05) is 0 Å². The van der Waals surface area contributed by atoms with Gasteiger partial charge in [0.15, 0.2) is 0 Å². The van der Waals surface area contributed by atoms with Crippen LogP contribution in [0.15, 0.2) is 0 Å². The van der Waals surface area contributed by atoms with E-state index in [4.69, 9.17) is 4.74 Å². The van der Waals surface area contributed by atoms with E-state index in [1.807, 2.05) is 0 Å². The summed E-state index contributed by atoms with van der Waals surface area (Å²) in [5.41, 5.74) is 0. The first-order valence-electron chi connectivity index (χ1n) is 3.04. The van der Waals surface area contributed by atoms with Gasteiger partial charge >= 0.3 is 0 Å². The number of likely N-dealkylation sites (tertiary alicyclic amines) is 1. The van der Waals surface area contributed by atoms with E-state index in [-0.39, 0.29) is 12.1 Å². The van der Waals surface area contributed by atoms with Gasteiger partial charge < -0.3 is 9.64 Å². The van der Waals surface area contributed by atoms with E-state index in [0.717, 1.165) is 6.42 Å². The van der Waals surface area contributed by atoms with Crippen molar-refractivity contribution >= 4 is 5.91 Å². The van der Waals surface area contributed by atoms with Crippen LogP contribution in [-0.4, -0.2) is 31.2 Å². The molecule has 1 rings (SSSR count). The highest BCUT2D eigenvalue weighted by atomic mass is 16.5. The molecule has 0 radical (unpaired) electrons. The van der Waals surface area contributed by atoms with E-state index in [1.54, 1.807) is 19.1 Å². The molecule has 1 heterocycles. The molecule has 0 aliphatic carbocycles. The third kappa shape index (κ3) is 1.05. The SMILES string of the molecule is COC1CCC(=O)N1C. The zero-order valence-corrected chi connectivity index (χ0v) is 5.76. The predicted molar refractivity (Wildman–Crippen MR) is 32.8 cm³/mol. The van der Waals surface area contributed by atoms with Gasteiger partial charge in [0.1, 0.15) is 6.23 Å². The molecule has 1 fully saturated rings. The number of hydrogen-bond donors (Lipinski definition) is 0. The number of nitrogens with zero attached hydrogens (tertiary/aromatic N) is 1. The highest BCUT2D eigenvalue weighted by Crippen LogP contribution is 2.15. The molecule has 3 heteroatoms. The minimum absolute atomic E-state index is 0.0255. The van der Waals surface area contributed by atoms with Gasteiger partial charge in [0.2, 0.25) is 5.91 Å². The molecule has 1 saturated heterocycles. The van der Waals surface area contributed by atoms with Crippen LogP contribution in [-0.2, 0) is 9.53 Å². The topological polar surface area (TPSA) is 29.5 Å². The highest BCUT2D eigenvalue weighted by Gasteiger charge is 2.26. The summed E-state index contributed by atoms with van der Waals surface area (Å²) >= 11 is 0. The quantitative estimate of drug-likeness (QED) is 0.506. The molecule has 1 atom stereocenters. The Bertz CT molecular complexity index is 124. The van der Waals surface area contributed by atoms with Crippen LogP contribution in [0.1, 0.15) is 12.8 Å². The number of methoxy groups -OCH3 is 1. The van der Waals surface area contributed by atoms with Crippen LogP contribution >= 0.6 is 0 Å². The van der Waals surface area contributed by atoms with Crippen molar-refractivity contribution in [3.8, 4) is 0 Å². The lowest BCUT2D eigenvalue weighted by Crippen LogP contribution is -2.29. The Morgan fingerprint density at radius 1 is 1.78 bits per heavy atom. The summed E-state index contributed by atoms with van der Waals surface area (Å²) in [5, 5.41) is 0. The summed E-state index contributed by atoms with van der Waals surface area (Å²) < 4.78 is 5.00. The Morgan fingerprint density at radius 2 is 2.44 bits per heavy atom. The maximum absolute atomic E-state index is 10.8. The van der Waals surface area contributed by atoms with Crippen molar-refractivity contribution in [2.45, 2.75) is 19.1 Å². The van der Waals surface area contributed by atoms with Crippen molar-refractivity contribution in [2.75, 3.05) is 14.2 Å². The summed E-state index contributed by atoms with van der Waals surface area (Å²) in [7, 11) is 3.39. The normalized spacial score (nSPS) is 27.6. The van der Waals surface area contributed by atoms with Crippen LogP contribution in [0.3, 0.4) is 0 Å². The van der Waals surface area contributed by atoms with Gasteiger partial charge in [-0.25, -0.2) is 0 Å². The van der Waals surface area contributed by atoms with Crippen LogP contribution in [0.25, 0.3) is 0 Å². The molecule has 9 heavy (non-hydrogen) atoms. The van der Waals surface area contributed by atoms with Crippen LogP contribution < -0.4 is 0 Å². The Morgan fingerprint density at radius 3 is 2.67 bits per heavy atom. The molecule has 0 aromatic heterocycles. The molecule has 52 valence electrons. The van der Waals surface area contributed by atoms with Gasteiger partial charge in [0, 0.05) is 27.0 Å². The molecule has 1 unspecified atom stereocenters. The fraction of sp³-hybridized carbons (Fsp3) is 0.833. The van der Waals surface area contributed by atoms with Crippen molar-refractivity contribution in [1.82, 2.24) is 4.90 Å². The molecular weight excluding hydrogens is 118 g/mol. The monoisotopic (exact) mass is 129 g/mol. The first-order valence-corrected chi connectivity index (χ1v) is 3.04. The second-order valence-electron chi connectivity index (χ2n) is 2.23. The zero-order chi connectivity index (χ0) is 6.85. The number of amides is 1. The van der Waals surface area contributed by atoms with Crippen LogP contribution in [0, 0.1) is 0 Å². The molecule has 0 aromatic carbocycles. The van der Waals surface area contributed by atoms with Crippen LogP contribution in [0.5, 0.6) is 0 Å². The van der Waals surface area contributed by atoms with Gasteiger partial charge in [-0.15, -0.1) is 0 Å². The Labute approximate surface area is 54.6 Å². The predicted octanol–water partition coefficient (Wildman–Crippen LogP) is 0.211. The molecule has 3 nitrogen and oxygen atoms in total. The number of carbonyl (C=O) groups excluding carboxylic acids is 1. The average molecular weight is 129 g/mol. The molecular formula is C6H11NO2. The summed E-state index contributed by atoms with van der Waals surface area (Å²) in [6, 6.07) is 0. The lowest BCUT2D eigenvalue weighted by molar-refractivity contribution is -0.132. The molecule has 0 N–H and O–H groups in total. The Hall–Kier alpha value is -0.570. The molecule has 1 aliphatic rings. The summed E-state index contributed by atoms with van der Waals surface area (Å²) in [4.78, 5) is 12.4. The van der Waals surface area contributed by atoms with E-state index in [1.165, 1.54) is 0 Å². The van der Waals surface area contributed by atoms with Crippen LogP contribution in [0.4, 0.5) is 0 Å². The third-order valence-corrected chi connectivity index (χ3v) is 1.70. The van der Waals surface area contributed by atoms with Gasteiger partial charge in [-0.2, -0.15) is 0 Å². The first-order chi connectivity index (χ1) is 4.25. The fourth-order valence-electron chi connectivity index (χ4n) is 1.05. The van der Waals surface area contributed by atoms with E-state index in [2.05, 4.69) is 0 Å². The maximum atomic E-state index is 10.8. The van der Waals surface area contributed by atoms with E-state index in [0.29, 0.717) is 6.42 Å². The van der Waals surface area contributed by atoms with Crippen molar-refractivity contribution in [1.29, 1.82) is 0 Å². The standard InChI is InChI=1S/C6H11NO2/c1-7-5(8)3-4-6(7)9-2/h6H,3-4H2,1-2H3. The maximum Gasteiger partial charge on any atom is 0.224 e. The van der Waals surface area contributed by atoms with Crippen molar-refractivity contribution < 1.29 is 9.53 Å². The van der Waals surface area contributed by atoms with Gasteiger partial charge in [-0.3, -0.25) is 4.79 Å². The van der Waals surface area contributed by atoms with Crippen molar-refractivity contribution in [2.24, 2.45) is 0 Å². The highest BCUT2D eigenvalue weighted by molar-refractivity contribution is 5.78. The van der Waals surface area contributed by atoms with E-state index in [9.17, 15) is 4.79 Å². The molecule has 1 aliphatic heterocycles. The second kappa shape index (κ2) is 2.35. The molecule has 1 amide bonds. The lowest BCUT2D eigenvalue weighted by atomic mass is 10.4. The molecule has 0 aromatic rings. The van der Waals surface area contributed by atoms with E-state index >= 15 is 0 Å². The number of ether oxygens (including phenoxy) is 1. The summed E-state index contributed by atoms with van der Waals surface area (Å²) in [6.45, 7) is 0. The summed E-state index contributed by atoms with van der Waals surface area (Å²) in [6.07, 6.45) is 1.50. The van der Waals surface area contributed by atoms with Crippen LogP contribution in [0.2, 0.25) is 0 Å². The zero-order valence-electron chi connectivity index (χ0n) is 5.76. The largest absolute Gasteiger partial charge is 0.362 e. The first kappa shape index (κ1) is 6.55. The Balaban J connectivity index is 2.51. The van der Waals surface area contributed by atoms with Crippen molar-refractivity contribution in [3.63, 3.8) is 0 Å². The number of carbonyl (C=O) groups is 1. The Kier molecular flexibility index (Phi) is 1.71. The fourth-order valence-corrected chi connectivity index (χ4v) is 1.05. The smallest absolute Gasteiger partial charge is 0.224 e. The average Bonchev–Trinajstić information content (AvgIpc) is 2.15. The van der Waals surface area contributed by atoms with Crippen molar-refractivity contribution in [3.05, 3.63) is 0 Å². The van der Waals surface area contributed by atoms with Gasteiger partial charge in [0.25, 0.3) is 0 Å². The second-order valence-corrected chi connectivity index (χ2v) is 2.23. The van der Waals surface area contributed by atoms with Gasteiger partial charge in [0.05, 0.1) is 0 Å². The third-order valence-electron chi connectivity index (χ3n) is 1.70. The minimum atomic E-state index is 0.0255. The minimum Gasteiger partial charge on any atom is -0.362 e. The number of rotatable bonds is 1. The van der Waals surface area contributed by atoms with E-state index < -0.39 is 0 Å². The van der Waals surface area contributed by atoms with Gasteiger partial charge in [-0.05, 0) is 0 Å². The molecule has 0 saturated carbocycles. The molecule has 0 spiro atoms. The molecule has 0 bridgehead atoms. The lowest BCUT2D eigenvalue weighted by Gasteiger charge is -2.16. The number of hydrogen-bond acceptors (Lipinski definition) is 2.